The van der Waals surface area contributed by atoms with Crippen molar-refractivity contribution in [3.8, 4) is 0 Å². The molecule has 0 atom stereocenters. The van der Waals surface area contributed by atoms with E-state index in [2.05, 4.69) is 10.6 Å². The minimum Gasteiger partial charge on any atom is -0.352 e. The summed E-state index contributed by atoms with van der Waals surface area (Å²) in [4.78, 5) is 35.3. The Balaban J connectivity index is 1.76. The molecule has 0 bridgehead atoms. The van der Waals surface area contributed by atoms with Crippen LogP contribution in [-0.2, 0) is 4.79 Å². The Morgan fingerprint density at radius 2 is 1.58 bits per heavy atom. The SMILES string of the molecule is CC(=O)c1ccccc1NC(=O)CCCNC(=O)c1ccccc1. The highest BCUT2D eigenvalue weighted by Gasteiger charge is 2.10. The molecule has 2 N–H and O–H groups in total. The van der Waals surface area contributed by atoms with Crippen LogP contribution < -0.4 is 10.6 Å². The maximum atomic E-state index is 12.0. The largest absolute Gasteiger partial charge is 0.352 e. The summed E-state index contributed by atoms with van der Waals surface area (Å²) in [6.45, 7) is 1.87. The third-order valence-corrected chi connectivity index (χ3v) is 3.48. The van der Waals surface area contributed by atoms with Gasteiger partial charge in [0.25, 0.3) is 5.91 Å². The number of carbonyl (C=O) groups is 3. The molecule has 124 valence electrons. The van der Waals surface area contributed by atoms with Gasteiger partial charge in [-0.2, -0.15) is 0 Å². The molecule has 5 heteroatoms. The molecule has 2 aromatic rings. The Morgan fingerprint density at radius 1 is 0.917 bits per heavy atom. The number of Topliss-reactive ketones (excluding diaryl/α,β-unsaturated/α-hetero) is 1. The quantitative estimate of drug-likeness (QED) is 0.607. The molecule has 0 fully saturated rings. The molecule has 2 aromatic carbocycles. The van der Waals surface area contributed by atoms with Gasteiger partial charge < -0.3 is 10.6 Å². The van der Waals surface area contributed by atoms with Crippen LogP contribution in [0.25, 0.3) is 0 Å². The molecule has 0 spiro atoms. The van der Waals surface area contributed by atoms with Gasteiger partial charge in [-0.1, -0.05) is 30.3 Å². The summed E-state index contributed by atoms with van der Waals surface area (Å²) >= 11 is 0. The molecule has 24 heavy (non-hydrogen) atoms. The van der Waals surface area contributed by atoms with E-state index in [1.54, 1.807) is 48.5 Å². The van der Waals surface area contributed by atoms with Crippen molar-refractivity contribution in [3.05, 3.63) is 65.7 Å². The molecule has 0 aromatic heterocycles. The van der Waals surface area contributed by atoms with E-state index in [1.807, 2.05) is 6.07 Å². The zero-order valence-corrected chi connectivity index (χ0v) is 13.5. The number of nitrogens with one attached hydrogen (secondary N) is 2. The minimum atomic E-state index is -0.183. The standard InChI is InChI=1S/C19H20N2O3/c1-14(22)16-10-5-6-11-17(16)21-18(23)12-7-13-20-19(24)15-8-3-2-4-9-15/h2-6,8-11H,7,12-13H2,1H3,(H,20,24)(H,21,23). The third-order valence-electron chi connectivity index (χ3n) is 3.48. The summed E-state index contributed by atoms with van der Waals surface area (Å²) in [6.07, 6.45) is 0.786. The summed E-state index contributed by atoms with van der Waals surface area (Å²) in [5.74, 6) is -0.434. The number of ketones is 1. The average molecular weight is 324 g/mol. The second-order valence-electron chi connectivity index (χ2n) is 5.38. The van der Waals surface area contributed by atoms with Gasteiger partial charge in [0.05, 0.1) is 5.69 Å². The Bertz CT molecular complexity index is 726. The van der Waals surface area contributed by atoms with Gasteiger partial charge in [0, 0.05) is 24.1 Å². The second kappa shape index (κ2) is 8.62. The van der Waals surface area contributed by atoms with Crippen molar-refractivity contribution < 1.29 is 14.4 Å². The Hall–Kier alpha value is -2.95. The van der Waals surface area contributed by atoms with Crippen molar-refractivity contribution in [2.24, 2.45) is 0 Å². The fourth-order valence-corrected chi connectivity index (χ4v) is 2.25. The topological polar surface area (TPSA) is 75.3 Å². The maximum absolute atomic E-state index is 12.0. The van der Waals surface area contributed by atoms with Crippen molar-refractivity contribution in [1.82, 2.24) is 5.32 Å². The summed E-state index contributed by atoms with van der Waals surface area (Å²) in [6, 6.07) is 15.8. The third kappa shape index (κ3) is 5.05. The molecule has 5 nitrogen and oxygen atoms in total. The highest BCUT2D eigenvalue weighted by molar-refractivity contribution is 6.03. The van der Waals surface area contributed by atoms with Crippen molar-refractivity contribution >= 4 is 23.3 Å². The number of carbonyl (C=O) groups excluding carboxylic acids is 3. The van der Waals surface area contributed by atoms with Gasteiger partial charge in [-0.05, 0) is 37.6 Å². The number of rotatable bonds is 7. The molecule has 0 saturated heterocycles. The average Bonchev–Trinajstić information content (AvgIpc) is 2.59. The van der Waals surface area contributed by atoms with Crippen LogP contribution in [0.3, 0.4) is 0 Å². The summed E-state index contributed by atoms with van der Waals surface area (Å²) in [7, 11) is 0. The van der Waals surface area contributed by atoms with Gasteiger partial charge in [0.15, 0.2) is 5.78 Å². The number of anilines is 1. The number of hydrogen-bond donors (Lipinski definition) is 2. The van der Waals surface area contributed by atoms with Crippen LogP contribution in [0.4, 0.5) is 5.69 Å². The first kappa shape index (κ1) is 17.4. The van der Waals surface area contributed by atoms with E-state index in [0.29, 0.717) is 29.8 Å². The van der Waals surface area contributed by atoms with E-state index in [-0.39, 0.29) is 24.0 Å². The van der Waals surface area contributed by atoms with Crippen molar-refractivity contribution in [3.63, 3.8) is 0 Å². The summed E-state index contributed by atoms with van der Waals surface area (Å²) in [5, 5.41) is 5.51. The Labute approximate surface area is 141 Å². The highest BCUT2D eigenvalue weighted by Crippen LogP contribution is 2.15. The molecule has 0 aliphatic heterocycles. The fourth-order valence-electron chi connectivity index (χ4n) is 2.25. The van der Waals surface area contributed by atoms with Crippen molar-refractivity contribution in [1.29, 1.82) is 0 Å². The van der Waals surface area contributed by atoms with Gasteiger partial charge in [-0.15, -0.1) is 0 Å². The normalized spacial score (nSPS) is 10.0. The molecule has 0 saturated carbocycles. The monoisotopic (exact) mass is 324 g/mol. The van der Waals surface area contributed by atoms with Crippen molar-refractivity contribution in [2.45, 2.75) is 19.8 Å². The molecule has 0 aliphatic rings. The van der Waals surface area contributed by atoms with E-state index in [9.17, 15) is 14.4 Å². The number of benzene rings is 2. The van der Waals surface area contributed by atoms with E-state index < -0.39 is 0 Å². The van der Waals surface area contributed by atoms with E-state index >= 15 is 0 Å². The molecule has 2 rings (SSSR count). The molecule has 2 amide bonds. The summed E-state index contributed by atoms with van der Waals surface area (Å²) in [5.41, 5.74) is 1.60. The smallest absolute Gasteiger partial charge is 0.251 e. The van der Waals surface area contributed by atoms with Crippen LogP contribution >= 0.6 is 0 Å². The number of amides is 2. The second-order valence-corrected chi connectivity index (χ2v) is 5.38. The predicted molar refractivity (Wildman–Crippen MR) is 93.1 cm³/mol. The first-order chi connectivity index (χ1) is 11.6. The molecule has 0 unspecified atom stereocenters. The fraction of sp³-hybridized carbons (Fsp3) is 0.211. The zero-order valence-electron chi connectivity index (χ0n) is 13.5. The van der Waals surface area contributed by atoms with Gasteiger partial charge in [-0.25, -0.2) is 0 Å². The van der Waals surface area contributed by atoms with E-state index in [1.165, 1.54) is 6.92 Å². The van der Waals surface area contributed by atoms with Crippen LogP contribution in [-0.4, -0.2) is 24.1 Å². The van der Waals surface area contributed by atoms with Gasteiger partial charge in [0.1, 0.15) is 0 Å². The van der Waals surface area contributed by atoms with Crippen LogP contribution in [0.5, 0.6) is 0 Å². The molecule has 0 aliphatic carbocycles. The number of para-hydroxylation sites is 1. The lowest BCUT2D eigenvalue weighted by atomic mass is 10.1. The van der Waals surface area contributed by atoms with Crippen molar-refractivity contribution in [2.75, 3.05) is 11.9 Å². The Kier molecular flexibility index (Phi) is 6.25. The Morgan fingerprint density at radius 3 is 2.29 bits per heavy atom. The van der Waals surface area contributed by atoms with E-state index in [0.717, 1.165) is 0 Å². The lowest BCUT2D eigenvalue weighted by Crippen LogP contribution is -2.25. The molecular formula is C19H20N2O3. The van der Waals surface area contributed by atoms with E-state index in [4.69, 9.17) is 0 Å². The van der Waals surface area contributed by atoms with Gasteiger partial charge >= 0.3 is 0 Å². The van der Waals surface area contributed by atoms with Gasteiger partial charge in [-0.3, -0.25) is 14.4 Å². The zero-order chi connectivity index (χ0) is 17.4. The van der Waals surface area contributed by atoms with Gasteiger partial charge in [0.2, 0.25) is 5.91 Å². The number of hydrogen-bond acceptors (Lipinski definition) is 3. The maximum Gasteiger partial charge on any atom is 0.251 e. The minimum absolute atomic E-state index is 0.0963. The molecule has 0 radical (unpaired) electrons. The lowest BCUT2D eigenvalue weighted by Gasteiger charge is -2.09. The van der Waals surface area contributed by atoms with Crippen LogP contribution in [0.2, 0.25) is 0 Å². The van der Waals surface area contributed by atoms with Crippen LogP contribution in [0.15, 0.2) is 54.6 Å². The molecule has 0 heterocycles. The highest BCUT2D eigenvalue weighted by atomic mass is 16.2. The first-order valence-electron chi connectivity index (χ1n) is 7.81. The van der Waals surface area contributed by atoms with Crippen LogP contribution in [0, 0.1) is 0 Å². The first-order valence-corrected chi connectivity index (χ1v) is 7.81. The lowest BCUT2D eigenvalue weighted by molar-refractivity contribution is -0.116. The molecular weight excluding hydrogens is 304 g/mol. The van der Waals surface area contributed by atoms with Crippen LogP contribution in [0.1, 0.15) is 40.5 Å². The predicted octanol–water partition coefficient (Wildman–Crippen LogP) is 3.04. The summed E-state index contributed by atoms with van der Waals surface area (Å²) < 4.78 is 0.